The molecule has 3 rings (SSSR count). The Morgan fingerprint density at radius 3 is 2.79 bits per heavy atom. The summed E-state index contributed by atoms with van der Waals surface area (Å²) in [6.45, 7) is 9.03. The van der Waals surface area contributed by atoms with Crippen molar-refractivity contribution in [2.75, 3.05) is 26.7 Å². The second-order valence-corrected chi connectivity index (χ2v) is 7.50. The highest BCUT2D eigenvalue weighted by Gasteiger charge is 2.52. The lowest BCUT2D eigenvalue weighted by Gasteiger charge is -2.54. The van der Waals surface area contributed by atoms with Crippen LogP contribution in [-0.4, -0.2) is 64.7 Å². The Bertz CT molecular complexity index is 579. The molecule has 1 N–H and O–H groups in total. The maximum atomic E-state index is 12.8. The van der Waals surface area contributed by atoms with Gasteiger partial charge in [-0.25, -0.2) is 4.68 Å². The molecular weight excluding hydrogens is 306 g/mol. The van der Waals surface area contributed by atoms with Gasteiger partial charge in [0, 0.05) is 25.1 Å². The van der Waals surface area contributed by atoms with Crippen LogP contribution in [0.1, 0.15) is 56.6 Å². The molecule has 0 spiro atoms. The molecule has 0 bridgehead atoms. The summed E-state index contributed by atoms with van der Waals surface area (Å²) >= 11 is 0. The molecule has 0 radical (unpaired) electrons. The van der Waals surface area contributed by atoms with Gasteiger partial charge in [-0.2, -0.15) is 0 Å². The minimum absolute atomic E-state index is 0.0363. The summed E-state index contributed by atoms with van der Waals surface area (Å²) in [7, 11) is 1.86. The van der Waals surface area contributed by atoms with Crippen molar-refractivity contribution < 1.29 is 9.53 Å². The summed E-state index contributed by atoms with van der Waals surface area (Å²) in [5.74, 6) is -0.0526. The zero-order chi connectivity index (χ0) is 17.3. The number of amides is 1. The highest BCUT2D eigenvalue weighted by molar-refractivity contribution is 5.92. The molecular formula is C17H29N5O2. The Morgan fingerprint density at radius 1 is 1.46 bits per heavy atom. The van der Waals surface area contributed by atoms with E-state index in [1.165, 1.54) is 0 Å². The van der Waals surface area contributed by atoms with Crippen LogP contribution in [0.2, 0.25) is 0 Å². The molecule has 134 valence electrons. The van der Waals surface area contributed by atoms with E-state index in [0.717, 1.165) is 32.4 Å². The smallest absolute Gasteiger partial charge is 0.276 e. The molecule has 1 aliphatic carbocycles. The van der Waals surface area contributed by atoms with E-state index < -0.39 is 0 Å². The summed E-state index contributed by atoms with van der Waals surface area (Å²) in [6.07, 6.45) is 4.96. The molecule has 1 amide bonds. The third-order valence-electron chi connectivity index (χ3n) is 5.69. The molecule has 7 nitrogen and oxygen atoms in total. The summed E-state index contributed by atoms with van der Waals surface area (Å²) in [6, 6.07) is 0.513. The number of aromatic nitrogens is 3. The average Bonchev–Trinajstić information content (AvgIpc) is 3.08. The fourth-order valence-corrected chi connectivity index (χ4v) is 3.95. The van der Waals surface area contributed by atoms with Crippen LogP contribution in [0.4, 0.5) is 0 Å². The minimum Gasteiger partial charge on any atom is -0.378 e. The number of piperidine rings is 1. The van der Waals surface area contributed by atoms with Gasteiger partial charge in [-0.3, -0.25) is 4.79 Å². The highest BCUT2D eigenvalue weighted by Crippen LogP contribution is 2.45. The summed E-state index contributed by atoms with van der Waals surface area (Å²) < 4.78 is 7.62. The predicted molar refractivity (Wildman–Crippen MR) is 90.9 cm³/mol. The first-order valence-corrected chi connectivity index (χ1v) is 8.96. The first kappa shape index (κ1) is 17.4. The average molecular weight is 335 g/mol. The van der Waals surface area contributed by atoms with E-state index in [1.807, 2.05) is 23.6 Å². The molecule has 1 aromatic heterocycles. The first-order chi connectivity index (χ1) is 11.4. The normalized spacial score (nSPS) is 26.8. The molecule has 1 aliphatic heterocycles. The van der Waals surface area contributed by atoms with Gasteiger partial charge in [0.15, 0.2) is 5.69 Å². The molecule has 7 heteroatoms. The molecule has 0 unspecified atom stereocenters. The number of hydrogen-bond donors (Lipinski definition) is 1. The summed E-state index contributed by atoms with van der Waals surface area (Å²) in [5.41, 5.74) is 0.400. The zero-order valence-corrected chi connectivity index (χ0v) is 15.2. The van der Waals surface area contributed by atoms with Gasteiger partial charge in [-0.1, -0.05) is 19.1 Å². The topological polar surface area (TPSA) is 72.3 Å². The number of hydrogen-bond acceptors (Lipinski definition) is 5. The van der Waals surface area contributed by atoms with Crippen LogP contribution in [0.5, 0.6) is 0 Å². The Balaban J connectivity index is 1.65. The standard InChI is InChI=1S/C17H29N5O2/c1-5-24-15-10-14(17(15,2)3)21(4)16(23)13-11-22(20-19-13)12-6-8-18-9-7-12/h11-12,14-15,18H,5-10H2,1-4H3/t14-,15-/m0/s1. The fraction of sp³-hybridized carbons (Fsp3) is 0.824. The van der Waals surface area contributed by atoms with Gasteiger partial charge in [0.25, 0.3) is 5.91 Å². The van der Waals surface area contributed by atoms with E-state index in [1.54, 1.807) is 6.20 Å². The lowest BCUT2D eigenvalue weighted by Crippen LogP contribution is -2.62. The molecule has 1 saturated heterocycles. The molecule has 0 aromatic carbocycles. The Kier molecular flexibility index (Phi) is 4.92. The van der Waals surface area contributed by atoms with Gasteiger partial charge in [-0.05, 0) is 39.3 Å². The zero-order valence-electron chi connectivity index (χ0n) is 15.2. The van der Waals surface area contributed by atoms with Crippen LogP contribution in [0.15, 0.2) is 6.20 Å². The number of nitrogens with one attached hydrogen (secondary N) is 1. The van der Waals surface area contributed by atoms with Crippen LogP contribution in [0.25, 0.3) is 0 Å². The van der Waals surface area contributed by atoms with Crippen molar-refractivity contribution in [1.29, 1.82) is 0 Å². The maximum Gasteiger partial charge on any atom is 0.276 e. The van der Waals surface area contributed by atoms with E-state index in [9.17, 15) is 4.79 Å². The van der Waals surface area contributed by atoms with Crippen LogP contribution in [0, 0.1) is 5.41 Å². The van der Waals surface area contributed by atoms with Crippen LogP contribution in [-0.2, 0) is 4.74 Å². The van der Waals surface area contributed by atoms with Crippen molar-refractivity contribution >= 4 is 5.91 Å². The van der Waals surface area contributed by atoms with Crippen LogP contribution < -0.4 is 5.32 Å². The summed E-state index contributed by atoms with van der Waals surface area (Å²) in [5, 5.41) is 11.7. The van der Waals surface area contributed by atoms with Gasteiger partial charge < -0.3 is 15.0 Å². The molecule has 2 fully saturated rings. The minimum atomic E-state index is -0.0526. The Morgan fingerprint density at radius 2 is 2.17 bits per heavy atom. The van der Waals surface area contributed by atoms with E-state index in [-0.39, 0.29) is 23.5 Å². The largest absolute Gasteiger partial charge is 0.378 e. The molecule has 2 heterocycles. The van der Waals surface area contributed by atoms with Gasteiger partial charge in [-0.15, -0.1) is 5.10 Å². The van der Waals surface area contributed by atoms with Crippen LogP contribution in [0.3, 0.4) is 0 Å². The lowest BCUT2D eigenvalue weighted by atomic mass is 9.63. The quantitative estimate of drug-likeness (QED) is 0.882. The van der Waals surface area contributed by atoms with Gasteiger partial charge >= 0.3 is 0 Å². The van der Waals surface area contributed by atoms with Crippen LogP contribution >= 0.6 is 0 Å². The molecule has 1 aromatic rings. The number of ether oxygens (including phenoxy) is 1. The predicted octanol–water partition coefficient (Wildman–Crippen LogP) is 1.48. The van der Waals surface area contributed by atoms with Gasteiger partial charge in [0.05, 0.1) is 18.3 Å². The highest BCUT2D eigenvalue weighted by atomic mass is 16.5. The van der Waals surface area contributed by atoms with Gasteiger partial charge in [0.2, 0.25) is 0 Å². The monoisotopic (exact) mass is 335 g/mol. The Labute approximate surface area is 143 Å². The van der Waals surface area contributed by atoms with E-state index in [2.05, 4.69) is 29.5 Å². The fourth-order valence-electron chi connectivity index (χ4n) is 3.95. The van der Waals surface area contributed by atoms with Gasteiger partial charge in [0.1, 0.15) is 0 Å². The maximum absolute atomic E-state index is 12.8. The van der Waals surface area contributed by atoms with E-state index in [0.29, 0.717) is 18.3 Å². The second kappa shape index (κ2) is 6.80. The van der Waals surface area contributed by atoms with Crippen molar-refractivity contribution in [1.82, 2.24) is 25.2 Å². The molecule has 2 atom stereocenters. The Hall–Kier alpha value is -1.47. The van der Waals surface area contributed by atoms with Crippen molar-refractivity contribution in [3.05, 3.63) is 11.9 Å². The van der Waals surface area contributed by atoms with Crippen molar-refractivity contribution in [2.45, 2.75) is 58.2 Å². The third kappa shape index (κ3) is 3.07. The number of carbonyl (C=O) groups excluding carboxylic acids is 1. The van der Waals surface area contributed by atoms with E-state index in [4.69, 9.17) is 4.74 Å². The molecule has 24 heavy (non-hydrogen) atoms. The molecule has 2 aliphatic rings. The van der Waals surface area contributed by atoms with Crippen molar-refractivity contribution in [2.24, 2.45) is 5.41 Å². The first-order valence-electron chi connectivity index (χ1n) is 8.96. The number of rotatable bonds is 5. The van der Waals surface area contributed by atoms with E-state index >= 15 is 0 Å². The molecule has 1 saturated carbocycles. The number of carbonyl (C=O) groups is 1. The summed E-state index contributed by atoms with van der Waals surface area (Å²) in [4.78, 5) is 14.6. The second-order valence-electron chi connectivity index (χ2n) is 7.50. The number of nitrogens with zero attached hydrogens (tertiary/aromatic N) is 4. The SMILES string of the molecule is CCO[C@H]1C[C@H](N(C)C(=O)c2cn(C3CCNCC3)nn2)C1(C)C. The van der Waals surface area contributed by atoms with Crippen molar-refractivity contribution in [3.63, 3.8) is 0 Å². The lowest BCUT2D eigenvalue weighted by molar-refractivity contribution is -0.136. The third-order valence-corrected chi connectivity index (χ3v) is 5.69. The van der Waals surface area contributed by atoms with Crippen molar-refractivity contribution in [3.8, 4) is 0 Å².